The molecular formula is C16H23NO3. The van der Waals surface area contributed by atoms with Gasteiger partial charge in [0.1, 0.15) is 5.75 Å². The zero-order chi connectivity index (χ0) is 14.7. The van der Waals surface area contributed by atoms with Crippen molar-refractivity contribution >= 4 is 5.97 Å². The van der Waals surface area contributed by atoms with Crippen LogP contribution in [-0.2, 0) is 11.3 Å². The first kappa shape index (κ1) is 14.9. The van der Waals surface area contributed by atoms with Gasteiger partial charge in [-0.05, 0) is 25.8 Å². The molecular weight excluding hydrogens is 254 g/mol. The molecule has 1 N–H and O–H groups in total. The van der Waals surface area contributed by atoms with Gasteiger partial charge in [0.2, 0.25) is 0 Å². The Morgan fingerprint density at radius 3 is 2.70 bits per heavy atom. The van der Waals surface area contributed by atoms with Crippen LogP contribution < -0.4 is 4.74 Å². The van der Waals surface area contributed by atoms with Gasteiger partial charge in [-0.1, -0.05) is 25.1 Å². The third kappa shape index (κ3) is 3.51. The minimum absolute atomic E-state index is 0.139. The summed E-state index contributed by atoms with van der Waals surface area (Å²) in [6, 6.07) is 7.99. The zero-order valence-electron chi connectivity index (χ0n) is 12.4. The molecule has 1 aromatic rings. The second-order valence-electron chi connectivity index (χ2n) is 5.89. The molecule has 1 aliphatic rings. The number of carbonyl (C=O) groups is 1. The van der Waals surface area contributed by atoms with E-state index < -0.39 is 5.97 Å². The summed E-state index contributed by atoms with van der Waals surface area (Å²) in [5, 5.41) is 9.19. The van der Waals surface area contributed by atoms with Gasteiger partial charge in [-0.25, -0.2) is 0 Å². The number of carboxylic acids is 1. The summed E-state index contributed by atoms with van der Waals surface area (Å²) in [5.41, 5.74) is 1.12. The van der Waals surface area contributed by atoms with E-state index in [0.717, 1.165) is 24.4 Å². The average molecular weight is 277 g/mol. The van der Waals surface area contributed by atoms with E-state index in [4.69, 9.17) is 4.74 Å². The molecule has 0 saturated carbocycles. The summed E-state index contributed by atoms with van der Waals surface area (Å²) >= 11 is 0. The van der Waals surface area contributed by atoms with E-state index in [-0.39, 0.29) is 17.9 Å². The highest BCUT2D eigenvalue weighted by atomic mass is 16.5. The predicted octanol–water partition coefficient (Wildman–Crippen LogP) is 2.63. The van der Waals surface area contributed by atoms with Crippen molar-refractivity contribution in [2.24, 2.45) is 11.8 Å². The fourth-order valence-corrected chi connectivity index (χ4v) is 2.76. The first-order valence-corrected chi connectivity index (χ1v) is 7.17. The Morgan fingerprint density at radius 2 is 2.10 bits per heavy atom. The molecule has 1 saturated heterocycles. The van der Waals surface area contributed by atoms with Gasteiger partial charge in [0.15, 0.2) is 0 Å². The highest BCUT2D eigenvalue weighted by molar-refractivity contribution is 5.71. The van der Waals surface area contributed by atoms with E-state index in [1.54, 1.807) is 0 Å². The Bertz CT molecular complexity index is 473. The van der Waals surface area contributed by atoms with Crippen LogP contribution in [0, 0.1) is 11.8 Å². The molecule has 1 heterocycles. The highest BCUT2D eigenvalue weighted by Gasteiger charge is 2.34. The third-order valence-corrected chi connectivity index (χ3v) is 3.73. The SMILES string of the molecule is CC(C)Oc1ccccc1CN1C[C@@H](C)[C@H](C(=O)O)C1. The van der Waals surface area contributed by atoms with Gasteiger partial charge in [-0.3, -0.25) is 9.69 Å². The quantitative estimate of drug-likeness (QED) is 0.899. The summed E-state index contributed by atoms with van der Waals surface area (Å²) in [4.78, 5) is 13.4. The molecule has 4 nitrogen and oxygen atoms in total. The van der Waals surface area contributed by atoms with Gasteiger partial charge in [0.05, 0.1) is 12.0 Å². The number of ether oxygens (including phenoxy) is 1. The molecule has 1 aromatic carbocycles. The fraction of sp³-hybridized carbons (Fsp3) is 0.562. The second kappa shape index (κ2) is 6.27. The van der Waals surface area contributed by atoms with Crippen molar-refractivity contribution in [2.75, 3.05) is 13.1 Å². The van der Waals surface area contributed by atoms with E-state index in [0.29, 0.717) is 6.54 Å². The van der Waals surface area contributed by atoms with Crippen molar-refractivity contribution in [1.82, 2.24) is 4.90 Å². The summed E-state index contributed by atoms with van der Waals surface area (Å²) in [6.45, 7) is 8.22. The van der Waals surface area contributed by atoms with Crippen LogP contribution >= 0.6 is 0 Å². The van der Waals surface area contributed by atoms with Crippen molar-refractivity contribution < 1.29 is 14.6 Å². The van der Waals surface area contributed by atoms with Crippen LogP contribution in [0.25, 0.3) is 0 Å². The number of benzene rings is 1. The lowest BCUT2D eigenvalue weighted by atomic mass is 9.99. The molecule has 2 rings (SSSR count). The van der Waals surface area contributed by atoms with Crippen molar-refractivity contribution in [3.8, 4) is 5.75 Å². The maximum absolute atomic E-state index is 11.2. The smallest absolute Gasteiger partial charge is 0.308 e. The number of para-hydroxylation sites is 1. The van der Waals surface area contributed by atoms with E-state index in [1.165, 1.54) is 0 Å². The van der Waals surface area contributed by atoms with Crippen LogP contribution in [0.4, 0.5) is 0 Å². The van der Waals surface area contributed by atoms with Crippen LogP contribution in [0.15, 0.2) is 24.3 Å². The van der Waals surface area contributed by atoms with Crippen LogP contribution in [0.3, 0.4) is 0 Å². The van der Waals surface area contributed by atoms with Crippen molar-refractivity contribution in [3.63, 3.8) is 0 Å². The molecule has 0 radical (unpaired) electrons. The Balaban J connectivity index is 2.06. The van der Waals surface area contributed by atoms with Gasteiger partial charge < -0.3 is 9.84 Å². The highest BCUT2D eigenvalue weighted by Crippen LogP contribution is 2.27. The molecule has 0 aliphatic carbocycles. The van der Waals surface area contributed by atoms with Crippen molar-refractivity contribution in [2.45, 2.75) is 33.4 Å². The lowest BCUT2D eigenvalue weighted by molar-refractivity contribution is -0.142. The first-order chi connectivity index (χ1) is 9.47. The predicted molar refractivity (Wildman–Crippen MR) is 77.8 cm³/mol. The van der Waals surface area contributed by atoms with Gasteiger partial charge in [-0.2, -0.15) is 0 Å². The number of hydrogen-bond acceptors (Lipinski definition) is 3. The second-order valence-corrected chi connectivity index (χ2v) is 5.89. The molecule has 110 valence electrons. The number of likely N-dealkylation sites (tertiary alicyclic amines) is 1. The molecule has 1 aliphatic heterocycles. The van der Waals surface area contributed by atoms with Crippen LogP contribution in [-0.4, -0.2) is 35.2 Å². The van der Waals surface area contributed by atoms with E-state index in [9.17, 15) is 9.90 Å². The van der Waals surface area contributed by atoms with Crippen LogP contribution in [0.1, 0.15) is 26.3 Å². The number of nitrogens with zero attached hydrogens (tertiary/aromatic N) is 1. The van der Waals surface area contributed by atoms with Crippen molar-refractivity contribution in [1.29, 1.82) is 0 Å². The maximum Gasteiger partial charge on any atom is 0.308 e. The lowest BCUT2D eigenvalue weighted by Crippen LogP contribution is -2.23. The number of carboxylic acid groups (broad SMARTS) is 1. The first-order valence-electron chi connectivity index (χ1n) is 7.17. The number of hydrogen-bond donors (Lipinski definition) is 1. The van der Waals surface area contributed by atoms with Gasteiger partial charge in [-0.15, -0.1) is 0 Å². The lowest BCUT2D eigenvalue weighted by Gasteiger charge is -2.19. The maximum atomic E-state index is 11.2. The Hall–Kier alpha value is -1.55. The fourth-order valence-electron chi connectivity index (χ4n) is 2.76. The Morgan fingerprint density at radius 1 is 1.40 bits per heavy atom. The molecule has 0 unspecified atom stereocenters. The standard InChI is InChI=1S/C16H23NO3/c1-11(2)20-15-7-5-4-6-13(15)9-17-8-12(3)14(10-17)16(18)19/h4-7,11-12,14H,8-10H2,1-3H3,(H,18,19)/t12-,14-/m1/s1. The van der Waals surface area contributed by atoms with Gasteiger partial charge in [0.25, 0.3) is 0 Å². The monoisotopic (exact) mass is 277 g/mol. The zero-order valence-corrected chi connectivity index (χ0v) is 12.4. The molecule has 0 amide bonds. The van der Waals surface area contributed by atoms with Gasteiger partial charge in [0, 0.05) is 25.2 Å². The third-order valence-electron chi connectivity index (χ3n) is 3.73. The van der Waals surface area contributed by atoms with E-state index in [1.807, 2.05) is 39.0 Å². The molecule has 2 atom stereocenters. The molecule has 0 bridgehead atoms. The van der Waals surface area contributed by atoms with Gasteiger partial charge >= 0.3 is 5.97 Å². The molecule has 4 heteroatoms. The number of aliphatic carboxylic acids is 1. The molecule has 20 heavy (non-hydrogen) atoms. The van der Waals surface area contributed by atoms with E-state index >= 15 is 0 Å². The minimum Gasteiger partial charge on any atom is -0.491 e. The van der Waals surface area contributed by atoms with E-state index in [2.05, 4.69) is 11.0 Å². The molecule has 1 fully saturated rings. The molecule has 0 spiro atoms. The summed E-state index contributed by atoms with van der Waals surface area (Å²) < 4.78 is 5.81. The minimum atomic E-state index is -0.688. The molecule has 0 aromatic heterocycles. The normalized spacial score (nSPS) is 23.2. The topological polar surface area (TPSA) is 49.8 Å². The Kier molecular flexibility index (Phi) is 4.65. The largest absolute Gasteiger partial charge is 0.491 e. The number of rotatable bonds is 5. The van der Waals surface area contributed by atoms with Crippen LogP contribution in [0.5, 0.6) is 5.75 Å². The van der Waals surface area contributed by atoms with Crippen LogP contribution in [0.2, 0.25) is 0 Å². The summed E-state index contributed by atoms with van der Waals surface area (Å²) in [7, 11) is 0. The summed E-state index contributed by atoms with van der Waals surface area (Å²) in [5.74, 6) is 0.152. The summed E-state index contributed by atoms with van der Waals surface area (Å²) in [6.07, 6.45) is 0.139. The van der Waals surface area contributed by atoms with Crippen molar-refractivity contribution in [3.05, 3.63) is 29.8 Å². The Labute approximate surface area is 120 Å². The average Bonchev–Trinajstić information content (AvgIpc) is 2.72.